The molecular weight excluding hydrogens is 284 g/mol. The Kier molecular flexibility index (Phi) is 6.08. The summed E-state index contributed by atoms with van der Waals surface area (Å²) in [5.41, 5.74) is 2.19. The van der Waals surface area contributed by atoms with Crippen molar-refractivity contribution in [1.29, 1.82) is 5.26 Å². The van der Waals surface area contributed by atoms with E-state index in [4.69, 9.17) is 0 Å². The Balaban J connectivity index is 2.26. The number of carbonyl (C=O) groups is 1. The number of carbonyl (C=O) groups excluding carboxylic acids is 1. The molecule has 3 heteroatoms. The third-order valence-corrected chi connectivity index (χ3v) is 3.78. The maximum Gasteiger partial charge on any atom is 0.166 e. The molecule has 0 N–H and O–H groups in total. The first kappa shape index (κ1) is 16.9. The second-order valence-electron chi connectivity index (χ2n) is 5.96. The first-order chi connectivity index (χ1) is 11.1. The van der Waals surface area contributed by atoms with Crippen molar-refractivity contribution in [3.63, 3.8) is 0 Å². The van der Waals surface area contributed by atoms with Crippen LogP contribution in [0.5, 0.6) is 0 Å². The fourth-order valence-corrected chi connectivity index (χ4v) is 2.52. The first-order valence-corrected chi connectivity index (χ1v) is 7.87. The molecule has 2 aromatic carbocycles. The standard InChI is InChI=1S/C20H22N2O/c1-16(2)20(23)19(13-21)22(14-17-9-5-3-6-10-17)15-18-11-7-4-8-12-18/h3-12,16,19H,14-15H2,1-2H3. The summed E-state index contributed by atoms with van der Waals surface area (Å²) in [4.78, 5) is 14.4. The van der Waals surface area contributed by atoms with Crippen LogP contribution < -0.4 is 0 Å². The van der Waals surface area contributed by atoms with E-state index >= 15 is 0 Å². The minimum Gasteiger partial charge on any atom is -0.296 e. The van der Waals surface area contributed by atoms with Gasteiger partial charge in [0.25, 0.3) is 0 Å². The molecule has 0 saturated carbocycles. The highest BCUT2D eigenvalue weighted by atomic mass is 16.1. The van der Waals surface area contributed by atoms with E-state index in [0.29, 0.717) is 13.1 Å². The van der Waals surface area contributed by atoms with Gasteiger partial charge in [-0.3, -0.25) is 9.69 Å². The molecule has 0 radical (unpaired) electrons. The average Bonchev–Trinajstić information content (AvgIpc) is 2.57. The molecule has 1 atom stereocenters. The lowest BCUT2D eigenvalue weighted by molar-refractivity contribution is -0.125. The van der Waals surface area contributed by atoms with Gasteiger partial charge < -0.3 is 0 Å². The van der Waals surface area contributed by atoms with E-state index in [2.05, 4.69) is 6.07 Å². The van der Waals surface area contributed by atoms with Crippen LogP contribution in [0.1, 0.15) is 25.0 Å². The molecule has 0 saturated heterocycles. The molecule has 3 nitrogen and oxygen atoms in total. The van der Waals surface area contributed by atoms with Crippen molar-refractivity contribution in [2.45, 2.75) is 33.0 Å². The first-order valence-electron chi connectivity index (χ1n) is 7.87. The van der Waals surface area contributed by atoms with Crippen molar-refractivity contribution in [1.82, 2.24) is 4.90 Å². The third-order valence-electron chi connectivity index (χ3n) is 3.78. The highest BCUT2D eigenvalue weighted by molar-refractivity contribution is 5.88. The molecule has 0 spiro atoms. The predicted molar refractivity (Wildman–Crippen MR) is 91.4 cm³/mol. The van der Waals surface area contributed by atoms with Crippen LogP contribution >= 0.6 is 0 Å². The van der Waals surface area contributed by atoms with Crippen molar-refractivity contribution in [2.75, 3.05) is 0 Å². The zero-order valence-corrected chi connectivity index (χ0v) is 13.6. The summed E-state index contributed by atoms with van der Waals surface area (Å²) in [6.07, 6.45) is 0. The number of hydrogen-bond acceptors (Lipinski definition) is 3. The van der Waals surface area contributed by atoms with Crippen molar-refractivity contribution >= 4 is 5.78 Å². The fraction of sp³-hybridized carbons (Fsp3) is 0.300. The fourth-order valence-electron chi connectivity index (χ4n) is 2.52. The molecule has 2 rings (SSSR count). The number of nitriles is 1. The van der Waals surface area contributed by atoms with Gasteiger partial charge in [0.05, 0.1) is 6.07 Å². The smallest absolute Gasteiger partial charge is 0.166 e. The summed E-state index contributed by atoms with van der Waals surface area (Å²) in [6, 6.07) is 21.4. The van der Waals surface area contributed by atoms with E-state index in [1.807, 2.05) is 79.4 Å². The van der Waals surface area contributed by atoms with Gasteiger partial charge in [0.2, 0.25) is 0 Å². The molecule has 23 heavy (non-hydrogen) atoms. The van der Waals surface area contributed by atoms with Gasteiger partial charge in [-0.2, -0.15) is 5.26 Å². The zero-order chi connectivity index (χ0) is 16.7. The highest BCUT2D eigenvalue weighted by Gasteiger charge is 2.27. The third kappa shape index (κ3) is 4.77. The monoisotopic (exact) mass is 306 g/mol. The Morgan fingerprint density at radius 3 is 1.74 bits per heavy atom. The van der Waals surface area contributed by atoms with Crippen LogP contribution in [-0.2, 0) is 17.9 Å². The Morgan fingerprint density at radius 1 is 0.957 bits per heavy atom. The SMILES string of the molecule is CC(C)C(=O)C(C#N)N(Cc1ccccc1)Cc1ccccc1. The minimum atomic E-state index is -0.726. The normalized spacial score (nSPS) is 12.1. The molecule has 0 aliphatic rings. The summed E-state index contributed by atoms with van der Waals surface area (Å²) in [7, 11) is 0. The van der Waals surface area contributed by atoms with Crippen LogP contribution in [0.4, 0.5) is 0 Å². The van der Waals surface area contributed by atoms with Gasteiger partial charge in [0, 0.05) is 19.0 Å². The number of ketones is 1. The molecule has 0 amide bonds. The van der Waals surface area contributed by atoms with E-state index in [0.717, 1.165) is 11.1 Å². The molecular formula is C20H22N2O. The molecule has 0 aromatic heterocycles. The summed E-state index contributed by atoms with van der Waals surface area (Å²) < 4.78 is 0. The molecule has 118 valence electrons. The van der Waals surface area contributed by atoms with Crippen LogP contribution in [-0.4, -0.2) is 16.7 Å². The average molecular weight is 306 g/mol. The molecule has 0 heterocycles. The van der Waals surface area contributed by atoms with Gasteiger partial charge in [-0.05, 0) is 11.1 Å². The van der Waals surface area contributed by atoms with Crippen LogP contribution in [0.2, 0.25) is 0 Å². The van der Waals surface area contributed by atoms with Gasteiger partial charge in [-0.15, -0.1) is 0 Å². The van der Waals surface area contributed by atoms with Gasteiger partial charge in [0.15, 0.2) is 11.8 Å². The number of nitrogens with zero attached hydrogens (tertiary/aromatic N) is 2. The molecule has 0 fully saturated rings. The molecule has 0 aliphatic heterocycles. The van der Waals surface area contributed by atoms with E-state index in [1.54, 1.807) is 0 Å². The van der Waals surface area contributed by atoms with Crippen molar-refractivity contribution in [3.05, 3.63) is 71.8 Å². The second-order valence-corrected chi connectivity index (χ2v) is 5.96. The lowest BCUT2D eigenvalue weighted by atomic mass is 10.00. The quantitative estimate of drug-likeness (QED) is 0.781. The van der Waals surface area contributed by atoms with Gasteiger partial charge in [0.1, 0.15) is 0 Å². The van der Waals surface area contributed by atoms with E-state index in [-0.39, 0.29) is 11.7 Å². The summed E-state index contributed by atoms with van der Waals surface area (Å²) >= 11 is 0. The van der Waals surface area contributed by atoms with E-state index in [9.17, 15) is 10.1 Å². The lowest BCUT2D eigenvalue weighted by Crippen LogP contribution is -2.41. The Labute approximate surface area is 138 Å². The van der Waals surface area contributed by atoms with E-state index < -0.39 is 6.04 Å². The number of rotatable bonds is 7. The van der Waals surface area contributed by atoms with Crippen molar-refractivity contribution < 1.29 is 4.79 Å². The highest BCUT2D eigenvalue weighted by Crippen LogP contribution is 2.16. The number of Topliss-reactive ketones (excluding diaryl/α,β-unsaturated/α-hetero) is 1. The lowest BCUT2D eigenvalue weighted by Gasteiger charge is -2.27. The Bertz CT molecular complexity index is 618. The van der Waals surface area contributed by atoms with Crippen LogP contribution in [0.25, 0.3) is 0 Å². The topological polar surface area (TPSA) is 44.1 Å². The van der Waals surface area contributed by atoms with Gasteiger partial charge >= 0.3 is 0 Å². The number of hydrogen-bond donors (Lipinski definition) is 0. The molecule has 2 aromatic rings. The van der Waals surface area contributed by atoms with Crippen LogP contribution in [0.15, 0.2) is 60.7 Å². The van der Waals surface area contributed by atoms with Gasteiger partial charge in [-0.1, -0.05) is 74.5 Å². The second kappa shape index (κ2) is 8.26. The molecule has 0 bridgehead atoms. The maximum atomic E-state index is 12.4. The summed E-state index contributed by atoms with van der Waals surface area (Å²) in [6.45, 7) is 4.84. The summed E-state index contributed by atoms with van der Waals surface area (Å²) in [5.74, 6) is -0.187. The van der Waals surface area contributed by atoms with Crippen molar-refractivity contribution in [2.24, 2.45) is 5.92 Å². The summed E-state index contributed by atoms with van der Waals surface area (Å²) in [5, 5.41) is 9.56. The molecule has 0 aliphatic carbocycles. The van der Waals surface area contributed by atoms with Crippen molar-refractivity contribution in [3.8, 4) is 6.07 Å². The maximum absolute atomic E-state index is 12.4. The minimum absolute atomic E-state index is 0.0284. The Morgan fingerprint density at radius 2 is 1.39 bits per heavy atom. The zero-order valence-electron chi connectivity index (χ0n) is 13.6. The van der Waals surface area contributed by atoms with Crippen LogP contribution in [0, 0.1) is 17.2 Å². The number of benzene rings is 2. The Hall–Kier alpha value is -2.44. The largest absolute Gasteiger partial charge is 0.296 e. The van der Waals surface area contributed by atoms with E-state index in [1.165, 1.54) is 0 Å². The van der Waals surface area contributed by atoms with Crippen LogP contribution in [0.3, 0.4) is 0 Å². The van der Waals surface area contributed by atoms with Gasteiger partial charge in [-0.25, -0.2) is 0 Å². The predicted octanol–water partition coefficient (Wildman–Crippen LogP) is 3.81. The molecule has 1 unspecified atom stereocenters.